The van der Waals surface area contributed by atoms with Crippen molar-refractivity contribution >= 4 is 52.1 Å². The van der Waals surface area contributed by atoms with E-state index < -0.39 is 16.2 Å². The number of aromatic amines is 3. The van der Waals surface area contributed by atoms with Gasteiger partial charge in [-0.1, -0.05) is 130 Å². The number of nitrogens with one attached hydrogen (secondary N) is 6. The molecule has 27 heteroatoms. The van der Waals surface area contributed by atoms with Crippen LogP contribution in [0.15, 0.2) is 125 Å². The molecular weight excluding hydrogens is 1190 g/mol. The van der Waals surface area contributed by atoms with Crippen molar-refractivity contribution in [2.75, 3.05) is 16.0 Å². The number of rotatable bonds is 12. The molecule has 94 heavy (non-hydrogen) atoms. The lowest BCUT2D eigenvalue weighted by Gasteiger charge is -2.22. The van der Waals surface area contributed by atoms with E-state index in [1.165, 1.54) is 19.0 Å². The maximum absolute atomic E-state index is 13.2. The quantitative estimate of drug-likeness (QED) is 0.0692. The molecule has 15 rings (SSSR count). The fraction of sp³-hybridized carbons (Fsp3) is 0.284. The van der Waals surface area contributed by atoms with Gasteiger partial charge in [0.2, 0.25) is 17.7 Å². The van der Waals surface area contributed by atoms with Gasteiger partial charge in [0.25, 0.3) is 16.7 Å². The molecule has 3 amide bonds. The maximum Gasteiger partial charge on any atom is 0.257 e. The van der Waals surface area contributed by atoms with Gasteiger partial charge in [-0.2, -0.15) is 15.3 Å². The Hall–Kier alpha value is -11.6. The normalized spacial score (nSPS) is 17.7. The smallest absolute Gasteiger partial charge is 0.257 e. The third-order valence-electron chi connectivity index (χ3n) is 17.5. The first-order valence-corrected chi connectivity index (χ1v) is 30.8. The highest BCUT2D eigenvalue weighted by molar-refractivity contribution is 6.09. The van der Waals surface area contributed by atoms with Gasteiger partial charge in [0, 0.05) is 0 Å². The standard InChI is InChI=1S/C23H23N7O2.2C22H21N7O2/c1-12(2)9-15-20-24-11-25-30(20)10-16(26-15)18-27-19-17(21(31)28-18)23(4,22(32)29-19)14-7-5-13(3)6-8-14;2*1-4-5-14-19-23-11-24-29(19)10-15(25-14)17-26-18-16(20(30)27-17)22(3,21(31)28-18)13-8-6-12(2)7-9-13/h5-8,10-12H,9H2,1-4H3,(H2,27,28,29,31,32);2*6-11H,4-5H2,1-3H3,(H2,26,27,28,30,31)/t23-;22-;/m00./s1. The van der Waals surface area contributed by atoms with Crippen molar-refractivity contribution in [2.45, 2.75) is 118 Å². The summed E-state index contributed by atoms with van der Waals surface area (Å²) in [5.74, 6) is 1.08. The molecule has 0 spiro atoms. The number of hydrogen-bond donors (Lipinski definition) is 6. The highest BCUT2D eigenvalue weighted by atomic mass is 16.2. The van der Waals surface area contributed by atoms with Crippen molar-refractivity contribution in [1.29, 1.82) is 0 Å². The number of carbonyl (C=O) groups is 3. The number of benzene rings is 3. The van der Waals surface area contributed by atoms with E-state index in [0.29, 0.717) is 75.9 Å². The molecule has 0 saturated heterocycles. The van der Waals surface area contributed by atoms with Gasteiger partial charge in [0.05, 0.1) is 52.4 Å². The van der Waals surface area contributed by atoms with Gasteiger partial charge in [-0.15, -0.1) is 0 Å². The number of hydrogen-bond acceptors (Lipinski definition) is 18. The summed E-state index contributed by atoms with van der Waals surface area (Å²) in [7, 11) is 0. The van der Waals surface area contributed by atoms with E-state index in [9.17, 15) is 28.8 Å². The molecule has 12 aromatic rings. The van der Waals surface area contributed by atoms with E-state index in [2.05, 4.69) is 114 Å². The number of aromatic nitrogens is 18. The second kappa shape index (κ2) is 23.6. The van der Waals surface area contributed by atoms with E-state index in [4.69, 9.17) is 4.98 Å². The van der Waals surface area contributed by atoms with Crippen LogP contribution in [0.4, 0.5) is 17.5 Å². The molecule has 0 aliphatic carbocycles. The molecule has 0 fully saturated rings. The Morgan fingerprint density at radius 2 is 0.702 bits per heavy atom. The average Bonchev–Trinajstić information content (AvgIpc) is 1.59. The lowest BCUT2D eigenvalue weighted by molar-refractivity contribution is -0.119. The molecular formula is C67H65N21O6. The summed E-state index contributed by atoms with van der Waals surface area (Å²) in [6.07, 6.45) is 13.3. The lowest BCUT2D eigenvalue weighted by atomic mass is 9.78. The number of fused-ring (bicyclic) bond motifs is 6. The molecule has 0 bridgehead atoms. The van der Waals surface area contributed by atoms with Gasteiger partial charge in [0.1, 0.15) is 69.8 Å². The molecule has 3 aliphatic rings. The summed E-state index contributed by atoms with van der Waals surface area (Å²) < 4.78 is 4.87. The SMILES string of the molecule is CCCc1nc(-c2nc3c(c(=O)[nH]2)C(C)(c2ccc(C)cc2)C(=O)N3)cn2ncnc12.CCCc1nc(-c2nc3c(c(=O)[nH]2)[C@](C)(c2ccc(C)cc2)C(=O)N3)cn2ncnc12.Cc1ccc([C@]2(C)C(=O)Nc3nc(-c4cn5ncnc5c(CC(C)C)n4)[nH]c(=O)c32)cc1. The van der Waals surface area contributed by atoms with Crippen LogP contribution in [0.25, 0.3) is 51.5 Å². The van der Waals surface area contributed by atoms with Crippen molar-refractivity contribution in [3.8, 4) is 34.6 Å². The summed E-state index contributed by atoms with van der Waals surface area (Å²) >= 11 is 0. The molecule has 0 radical (unpaired) electrons. The monoisotopic (exact) mass is 1260 g/mol. The minimum absolute atomic E-state index is 0.253. The summed E-state index contributed by atoms with van der Waals surface area (Å²) in [4.78, 5) is 128. The van der Waals surface area contributed by atoms with Crippen LogP contribution in [-0.2, 0) is 49.9 Å². The highest BCUT2D eigenvalue weighted by Crippen LogP contribution is 2.43. The van der Waals surface area contributed by atoms with Crippen molar-refractivity contribution in [1.82, 2.24) is 88.6 Å². The Labute approximate surface area is 535 Å². The molecule has 9 aromatic heterocycles. The number of carbonyl (C=O) groups excluding carboxylic acids is 3. The number of nitrogens with zero attached hydrogens (tertiary/aromatic N) is 15. The Morgan fingerprint density at radius 1 is 0.415 bits per heavy atom. The summed E-state index contributed by atoms with van der Waals surface area (Å²) in [6, 6.07) is 22.8. The zero-order valence-corrected chi connectivity index (χ0v) is 53.2. The Balaban J connectivity index is 0.000000128. The van der Waals surface area contributed by atoms with E-state index in [1.54, 1.807) is 52.9 Å². The highest BCUT2D eigenvalue weighted by Gasteiger charge is 2.50. The second-order valence-electron chi connectivity index (χ2n) is 24.7. The molecule has 6 N–H and O–H groups in total. The third-order valence-corrected chi connectivity index (χ3v) is 17.5. The minimum atomic E-state index is -1.13. The Kier molecular flexibility index (Phi) is 15.3. The summed E-state index contributed by atoms with van der Waals surface area (Å²) in [6.45, 7) is 19.5. The number of aryl methyl sites for hydroxylation is 5. The van der Waals surface area contributed by atoms with E-state index in [1.807, 2.05) is 93.6 Å². The van der Waals surface area contributed by atoms with Crippen molar-refractivity contribution in [3.05, 3.63) is 209 Å². The largest absolute Gasteiger partial charge is 0.309 e. The van der Waals surface area contributed by atoms with Crippen molar-refractivity contribution in [2.24, 2.45) is 5.92 Å². The van der Waals surface area contributed by atoms with Gasteiger partial charge >= 0.3 is 0 Å². The van der Waals surface area contributed by atoms with Crippen LogP contribution >= 0.6 is 0 Å². The van der Waals surface area contributed by atoms with Gasteiger partial charge < -0.3 is 30.9 Å². The van der Waals surface area contributed by atoms with Crippen LogP contribution in [-0.4, -0.2) is 106 Å². The first-order chi connectivity index (χ1) is 45.1. The maximum atomic E-state index is 13.2. The zero-order chi connectivity index (χ0) is 66.1. The fourth-order valence-electron chi connectivity index (χ4n) is 12.3. The van der Waals surface area contributed by atoms with Gasteiger partial charge in [-0.05, 0) is 83.4 Å². The van der Waals surface area contributed by atoms with Gasteiger partial charge in [0.15, 0.2) is 34.4 Å². The lowest BCUT2D eigenvalue weighted by Crippen LogP contribution is -2.36. The van der Waals surface area contributed by atoms with Crippen LogP contribution in [0.5, 0.6) is 0 Å². The van der Waals surface area contributed by atoms with Gasteiger partial charge in [-0.25, -0.2) is 58.4 Å². The topological polar surface area (TPSA) is 354 Å². The molecule has 0 saturated carbocycles. The van der Waals surface area contributed by atoms with Gasteiger partial charge in [-0.3, -0.25) is 28.8 Å². The zero-order valence-electron chi connectivity index (χ0n) is 53.2. The molecule has 474 valence electrons. The average molecular weight is 1260 g/mol. The second-order valence-corrected chi connectivity index (χ2v) is 24.7. The van der Waals surface area contributed by atoms with Crippen LogP contribution in [0.1, 0.15) is 128 Å². The van der Waals surface area contributed by atoms with Crippen molar-refractivity contribution < 1.29 is 14.4 Å². The van der Waals surface area contributed by atoms with E-state index in [0.717, 1.165) is 63.3 Å². The number of H-pyrrole nitrogens is 3. The van der Waals surface area contributed by atoms with Crippen LogP contribution < -0.4 is 32.6 Å². The number of anilines is 3. The predicted octanol–water partition coefficient (Wildman–Crippen LogP) is 7.43. The molecule has 3 aromatic carbocycles. The molecule has 1 unspecified atom stereocenters. The first kappa shape index (κ1) is 61.2. The fourth-order valence-corrected chi connectivity index (χ4v) is 12.3. The Morgan fingerprint density at radius 3 is 0.989 bits per heavy atom. The predicted molar refractivity (Wildman–Crippen MR) is 349 cm³/mol. The minimum Gasteiger partial charge on any atom is -0.309 e. The Bertz CT molecular complexity index is 5010. The molecule has 3 aliphatic heterocycles. The van der Waals surface area contributed by atoms with Crippen LogP contribution in [0, 0.1) is 26.7 Å². The first-order valence-electron chi connectivity index (χ1n) is 30.8. The number of amides is 3. The van der Waals surface area contributed by atoms with Crippen molar-refractivity contribution in [3.63, 3.8) is 0 Å². The summed E-state index contributed by atoms with van der Waals surface area (Å²) in [5, 5.41) is 21.0. The van der Waals surface area contributed by atoms with Crippen LogP contribution in [0.3, 0.4) is 0 Å². The third kappa shape index (κ3) is 10.4. The molecule has 3 atom stereocenters. The summed E-state index contributed by atoms with van der Waals surface area (Å²) in [5.41, 5.74) is 7.55. The van der Waals surface area contributed by atoms with Crippen LogP contribution in [0.2, 0.25) is 0 Å². The molecule has 12 heterocycles. The van der Waals surface area contributed by atoms with E-state index in [-0.39, 0.29) is 69.3 Å². The molecule has 27 nitrogen and oxygen atoms in total. The van der Waals surface area contributed by atoms with E-state index >= 15 is 0 Å².